The van der Waals surface area contributed by atoms with Crippen molar-refractivity contribution in [3.05, 3.63) is 46.4 Å². The molecule has 6 nitrogen and oxygen atoms in total. The van der Waals surface area contributed by atoms with E-state index in [1.54, 1.807) is 11.3 Å². The van der Waals surface area contributed by atoms with Crippen molar-refractivity contribution in [2.24, 2.45) is 7.05 Å². The number of nitrogens with zero attached hydrogens (tertiary/aromatic N) is 4. The molecule has 120 valence electrons. The molecule has 2 N–H and O–H groups in total. The number of pyridine rings is 1. The van der Waals surface area contributed by atoms with Crippen LogP contribution in [0.5, 0.6) is 0 Å². The SMILES string of the molecule is CCN1NCc2c(n(C)c3nc(Cc4ccccn4)sc23)C1O. The Kier molecular flexibility index (Phi) is 3.65. The summed E-state index contributed by atoms with van der Waals surface area (Å²) in [5, 5.41) is 13.4. The molecule has 1 aliphatic rings. The Bertz CT molecular complexity index is 841. The molecule has 1 aliphatic heterocycles. The van der Waals surface area contributed by atoms with Gasteiger partial charge in [-0.2, -0.15) is 0 Å². The molecule has 0 bridgehead atoms. The van der Waals surface area contributed by atoms with Crippen LogP contribution in [0.4, 0.5) is 0 Å². The summed E-state index contributed by atoms with van der Waals surface area (Å²) in [6, 6.07) is 5.94. The molecule has 4 heterocycles. The van der Waals surface area contributed by atoms with Crippen molar-refractivity contribution in [3.63, 3.8) is 0 Å². The Morgan fingerprint density at radius 1 is 1.43 bits per heavy atom. The summed E-state index contributed by atoms with van der Waals surface area (Å²) in [5.41, 5.74) is 7.35. The molecule has 0 amide bonds. The largest absolute Gasteiger partial charge is 0.371 e. The highest BCUT2D eigenvalue weighted by Crippen LogP contribution is 2.36. The lowest BCUT2D eigenvalue weighted by Crippen LogP contribution is -2.44. The van der Waals surface area contributed by atoms with Gasteiger partial charge in [-0.1, -0.05) is 13.0 Å². The molecule has 3 aromatic rings. The van der Waals surface area contributed by atoms with Gasteiger partial charge in [-0.05, 0) is 12.1 Å². The number of aliphatic hydroxyl groups is 1. The van der Waals surface area contributed by atoms with Crippen molar-refractivity contribution in [1.29, 1.82) is 0 Å². The van der Waals surface area contributed by atoms with E-state index in [1.165, 1.54) is 0 Å². The number of fused-ring (bicyclic) bond motifs is 3. The van der Waals surface area contributed by atoms with Gasteiger partial charge >= 0.3 is 0 Å². The second kappa shape index (κ2) is 5.68. The molecule has 0 saturated carbocycles. The second-order valence-electron chi connectivity index (χ2n) is 5.68. The number of aryl methyl sites for hydroxylation is 1. The van der Waals surface area contributed by atoms with Crippen molar-refractivity contribution >= 4 is 21.7 Å². The van der Waals surface area contributed by atoms with E-state index in [9.17, 15) is 5.11 Å². The molecule has 1 atom stereocenters. The van der Waals surface area contributed by atoms with Gasteiger partial charge in [0, 0.05) is 44.0 Å². The van der Waals surface area contributed by atoms with Crippen LogP contribution in [0.15, 0.2) is 24.4 Å². The van der Waals surface area contributed by atoms with Gasteiger partial charge in [0.05, 0.1) is 10.4 Å². The van der Waals surface area contributed by atoms with Crippen molar-refractivity contribution in [3.8, 4) is 0 Å². The van der Waals surface area contributed by atoms with Crippen LogP contribution in [0.2, 0.25) is 0 Å². The zero-order valence-corrected chi connectivity index (χ0v) is 14.0. The molecular formula is C16H19N5OS. The number of aromatic nitrogens is 3. The normalized spacial score (nSPS) is 18.5. The monoisotopic (exact) mass is 329 g/mol. The van der Waals surface area contributed by atoms with Crippen LogP contribution in [-0.4, -0.2) is 31.2 Å². The first-order valence-electron chi connectivity index (χ1n) is 7.74. The fourth-order valence-corrected chi connectivity index (χ4v) is 4.31. The van der Waals surface area contributed by atoms with Gasteiger partial charge in [0.1, 0.15) is 5.01 Å². The summed E-state index contributed by atoms with van der Waals surface area (Å²) in [4.78, 5) is 9.15. The third-order valence-electron chi connectivity index (χ3n) is 4.31. The topological polar surface area (TPSA) is 66.2 Å². The summed E-state index contributed by atoms with van der Waals surface area (Å²) in [6.45, 7) is 3.50. The van der Waals surface area contributed by atoms with Gasteiger partial charge in [-0.25, -0.2) is 15.4 Å². The second-order valence-corrected chi connectivity index (χ2v) is 6.76. The number of hydrogen-bond donors (Lipinski definition) is 2. The average molecular weight is 329 g/mol. The fourth-order valence-electron chi connectivity index (χ4n) is 3.14. The predicted octanol–water partition coefficient (Wildman–Crippen LogP) is 1.95. The lowest BCUT2D eigenvalue weighted by molar-refractivity contribution is -0.0479. The van der Waals surface area contributed by atoms with E-state index in [-0.39, 0.29) is 0 Å². The van der Waals surface area contributed by atoms with E-state index in [2.05, 4.69) is 10.4 Å². The molecule has 0 fully saturated rings. The molecular weight excluding hydrogens is 310 g/mol. The number of hydrogen-bond acceptors (Lipinski definition) is 6. The molecule has 0 saturated heterocycles. The van der Waals surface area contributed by atoms with E-state index >= 15 is 0 Å². The number of nitrogens with one attached hydrogen (secondary N) is 1. The van der Waals surface area contributed by atoms with Crippen molar-refractivity contribution < 1.29 is 5.11 Å². The number of rotatable bonds is 3. The molecule has 0 radical (unpaired) electrons. The van der Waals surface area contributed by atoms with E-state index in [0.29, 0.717) is 0 Å². The summed E-state index contributed by atoms with van der Waals surface area (Å²) in [6.07, 6.45) is 1.92. The molecule has 1 unspecified atom stereocenters. The standard InChI is InChI=1S/C16H19N5OS/c1-3-21-16(22)13-11(9-18-21)14-15(20(13)2)19-12(23-14)8-10-6-4-5-7-17-10/h4-7,16,18,22H,3,8-9H2,1-2H3. The average Bonchev–Trinajstić information content (AvgIpc) is 3.08. The maximum atomic E-state index is 10.5. The van der Waals surface area contributed by atoms with Crippen LogP contribution in [0.3, 0.4) is 0 Å². The van der Waals surface area contributed by atoms with Gasteiger partial charge in [0.15, 0.2) is 11.9 Å². The highest BCUT2D eigenvalue weighted by Gasteiger charge is 2.31. The molecule has 4 rings (SSSR count). The minimum absolute atomic E-state index is 0.630. The smallest absolute Gasteiger partial charge is 0.161 e. The van der Waals surface area contributed by atoms with E-state index in [1.807, 2.05) is 47.9 Å². The predicted molar refractivity (Wildman–Crippen MR) is 89.8 cm³/mol. The van der Waals surface area contributed by atoms with Crippen LogP contribution < -0.4 is 5.43 Å². The van der Waals surface area contributed by atoms with Crippen LogP contribution in [-0.2, 0) is 20.0 Å². The Labute approximate surface area is 138 Å². The fraction of sp³-hybridized carbons (Fsp3) is 0.375. The minimum atomic E-state index is -0.630. The van der Waals surface area contributed by atoms with Crippen molar-refractivity contribution in [1.82, 2.24) is 25.0 Å². The summed E-state index contributed by atoms with van der Waals surface area (Å²) in [7, 11) is 1.98. The molecule has 7 heteroatoms. The summed E-state index contributed by atoms with van der Waals surface area (Å²) >= 11 is 1.70. The quantitative estimate of drug-likeness (QED) is 0.769. The third kappa shape index (κ3) is 2.36. The molecule has 0 aromatic carbocycles. The molecule has 3 aromatic heterocycles. The van der Waals surface area contributed by atoms with Gasteiger partial charge in [-0.15, -0.1) is 11.3 Å². The Hall–Kier alpha value is -1.80. The van der Waals surface area contributed by atoms with Gasteiger partial charge in [0.25, 0.3) is 0 Å². The molecule has 0 spiro atoms. The maximum Gasteiger partial charge on any atom is 0.161 e. The van der Waals surface area contributed by atoms with E-state index in [0.717, 1.165) is 51.8 Å². The number of thiazole rings is 1. The minimum Gasteiger partial charge on any atom is -0.371 e. The van der Waals surface area contributed by atoms with E-state index < -0.39 is 6.23 Å². The first kappa shape index (κ1) is 14.8. The zero-order chi connectivity index (χ0) is 16.0. The lowest BCUT2D eigenvalue weighted by Gasteiger charge is -2.32. The summed E-state index contributed by atoms with van der Waals surface area (Å²) in [5.74, 6) is 0. The van der Waals surface area contributed by atoms with Crippen molar-refractivity contribution in [2.45, 2.75) is 26.1 Å². The summed E-state index contributed by atoms with van der Waals surface area (Å²) < 4.78 is 3.19. The van der Waals surface area contributed by atoms with Crippen LogP contribution in [0.25, 0.3) is 10.3 Å². The lowest BCUT2D eigenvalue weighted by atomic mass is 10.2. The molecule has 23 heavy (non-hydrogen) atoms. The highest BCUT2D eigenvalue weighted by atomic mass is 32.1. The Morgan fingerprint density at radius 2 is 2.30 bits per heavy atom. The first-order valence-corrected chi connectivity index (χ1v) is 8.55. The van der Waals surface area contributed by atoms with Gasteiger partial charge in [0.2, 0.25) is 0 Å². The van der Waals surface area contributed by atoms with Gasteiger partial charge in [-0.3, -0.25) is 4.98 Å². The van der Waals surface area contributed by atoms with Crippen molar-refractivity contribution in [2.75, 3.05) is 6.54 Å². The van der Waals surface area contributed by atoms with Crippen LogP contribution >= 0.6 is 11.3 Å². The van der Waals surface area contributed by atoms with Crippen LogP contribution in [0, 0.1) is 0 Å². The number of hydrazine groups is 1. The van der Waals surface area contributed by atoms with Gasteiger partial charge < -0.3 is 9.67 Å². The highest BCUT2D eigenvalue weighted by molar-refractivity contribution is 7.18. The zero-order valence-electron chi connectivity index (χ0n) is 13.2. The Morgan fingerprint density at radius 3 is 3.04 bits per heavy atom. The molecule has 0 aliphatic carbocycles. The first-order chi connectivity index (χ1) is 11.2. The van der Waals surface area contributed by atoms with Crippen LogP contribution in [0.1, 0.15) is 35.1 Å². The number of aliphatic hydroxyl groups excluding tert-OH is 1. The third-order valence-corrected chi connectivity index (χ3v) is 5.42. The maximum absolute atomic E-state index is 10.5. The Balaban J connectivity index is 1.74. The van der Waals surface area contributed by atoms with E-state index in [4.69, 9.17) is 4.98 Å².